The number of nitrogens with one attached hydrogen (secondary N) is 1. The van der Waals surface area contributed by atoms with Gasteiger partial charge in [-0.2, -0.15) is 0 Å². The van der Waals surface area contributed by atoms with Crippen molar-refractivity contribution in [3.05, 3.63) is 84.2 Å². The highest BCUT2D eigenvalue weighted by Crippen LogP contribution is 2.39. The largest absolute Gasteiger partial charge is 0.352 e. The monoisotopic (exact) mass is 423 g/mol. The average molecular weight is 424 g/mol. The van der Waals surface area contributed by atoms with Crippen LogP contribution in [0, 0.1) is 5.82 Å². The number of thiocarbonyl (C=S) groups is 1. The van der Waals surface area contributed by atoms with Gasteiger partial charge < -0.3 is 19.7 Å². The first kappa shape index (κ1) is 20.5. The lowest BCUT2D eigenvalue weighted by Crippen LogP contribution is -2.33. The first-order valence-electron chi connectivity index (χ1n) is 10.1. The summed E-state index contributed by atoms with van der Waals surface area (Å²) in [7, 11) is 4.15. The van der Waals surface area contributed by atoms with E-state index in [9.17, 15) is 4.39 Å². The maximum absolute atomic E-state index is 13.9. The standard InChI is InChI=1S/C23H26FN5S/c1-27(2)13-7-15-29-22(21(26-23(29)30)19-10-3-4-12-25-19)20-11-6-14-28(20)18-9-5-8-17(24)16-18/h3-6,8-12,14,16,21-22H,7,13,15H2,1-2H3,(H,26,30)/t21-,22+/m1/s1. The van der Waals surface area contributed by atoms with Gasteiger partial charge in [-0.25, -0.2) is 4.39 Å². The molecule has 0 amide bonds. The minimum Gasteiger partial charge on any atom is -0.352 e. The van der Waals surface area contributed by atoms with E-state index < -0.39 is 0 Å². The van der Waals surface area contributed by atoms with E-state index in [-0.39, 0.29) is 17.9 Å². The number of nitrogens with zero attached hydrogens (tertiary/aromatic N) is 4. The van der Waals surface area contributed by atoms with E-state index in [4.69, 9.17) is 12.2 Å². The van der Waals surface area contributed by atoms with Gasteiger partial charge in [0.15, 0.2) is 5.11 Å². The smallest absolute Gasteiger partial charge is 0.170 e. The van der Waals surface area contributed by atoms with Gasteiger partial charge in [0.25, 0.3) is 0 Å². The molecule has 1 aromatic carbocycles. The van der Waals surface area contributed by atoms with Crippen LogP contribution in [0.25, 0.3) is 5.69 Å². The fourth-order valence-corrected chi connectivity index (χ4v) is 4.35. The fraction of sp³-hybridized carbons (Fsp3) is 0.304. The molecule has 156 valence electrons. The van der Waals surface area contributed by atoms with Crippen LogP contribution in [-0.4, -0.2) is 51.6 Å². The van der Waals surface area contributed by atoms with Gasteiger partial charge in [0, 0.05) is 30.3 Å². The molecule has 5 nitrogen and oxygen atoms in total. The summed E-state index contributed by atoms with van der Waals surface area (Å²) in [6.45, 7) is 1.80. The predicted octanol–water partition coefficient (Wildman–Crippen LogP) is 3.94. The van der Waals surface area contributed by atoms with Crippen LogP contribution in [0.3, 0.4) is 0 Å². The van der Waals surface area contributed by atoms with Crippen molar-refractivity contribution in [1.29, 1.82) is 0 Å². The van der Waals surface area contributed by atoms with Crippen molar-refractivity contribution < 1.29 is 4.39 Å². The second-order valence-corrected chi connectivity index (χ2v) is 8.15. The van der Waals surface area contributed by atoms with Gasteiger partial charge in [-0.15, -0.1) is 0 Å². The van der Waals surface area contributed by atoms with Gasteiger partial charge in [0.2, 0.25) is 0 Å². The van der Waals surface area contributed by atoms with Crippen LogP contribution in [0.5, 0.6) is 0 Å². The third-order valence-electron chi connectivity index (χ3n) is 5.37. The Morgan fingerprint density at radius 3 is 2.73 bits per heavy atom. The molecule has 3 aromatic rings. The van der Waals surface area contributed by atoms with Crippen molar-refractivity contribution in [2.24, 2.45) is 0 Å². The summed E-state index contributed by atoms with van der Waals surface area (Å²) in [4.78, 5) is 9.00. The Morgan fingerprint density at radius 2 is 2.00 bits per heavy atom. The number of halogens is 1. The van der Waals surface area contributed by atoms with Gasteiger partial charge in [0.05, 0.1) is 17.8 Å². The van der Waals surface area contributed by atoms with Crippen molar-refractivity contribution in [2.45, 2.75) is 18.5 Å². The van der Waals surface area contributed by atoms with E-state index in [0.29, 0.717) is 0 Å². The molecule has 1 N–H and O–H groups in total. The minimum atomic E-state index is -0.253. The molecule has 0 saturated carbocycles. The number of hydrogen-bond donors (Lipinski definition) is 1. The van der Waals surface area contributed by atoms with Crippen molar-refractivity contribution in [2.75, 3.05) is 27.2 Å². The first-order chi connectivity index (χ1) is 14.5. The molecule has 0 radical (unpaired) electrons. The zero-order valence-electron chi connectivity index (χ0n) is 17.2. The third-order valence-corrected chi connectivity index (χ3v) is 5.72. The molecule has 1 aliphatic heterocycles. The van der Waals surface area contributed by atoms with Gasteiger partial charge in [-0.3, -0.25) is 4.98 Å². The maximum Gasteiger partial charge on any atom is 0.170 e. The van der Waals surface area contributed by atoms with E-state index in [1.807, 2.05) is 41.1 Å². The lowest BCUT2D eigenvalue weighted by atomic mass is 10.0. The highest BCUT2D eigenvalue weighted by molar-refractivity contribution is 7.80. The second-order valence-electron chi connectivity index (χ2n) is 7.76. The van der Waals surface area contributed by atoms with Crippen molar-refractivity contribution in [3.8, 4) is 5.69 Å². The second kappa shape index (κ2) is 8.93. The molecular weight excluding hydrogens is 397 g/mol. The molecule has 2 atom stereocenters. The Labute approximate surface area is 182 Å². The van der Waals surface area contributed by atoms with E-state index >= 15 is 0 Å². The van der Waals surface area contributed by atoms with Crippen LogP contribution >= 0.6 is 12.2 Å². The average Bonchev–Trinajstić information content (AvgIpc) is 3.33. The Kier molecular flexibility index (Phi) is 6.11. The van der Waals surface area contributed by atoms with Crippen LogP contribution in [0.15, 0.2) is 67.0 Å². The molecule has 2 aromatic heterocycles. The molecular formula is C23H26FN5S. The Bertz CT molecular complexity index is 1000. The molecule has 1 aliphatic rings. The summed E-state index contributed by atoms with van der Waals surface area (Å²) in [6, 6.07) is 16.5. The lowest BCUT2D eigenvalue weighted by Gasteiger charge is -2.29. The highest BCUT2D eigenvalue weighted by atomic mass is 32.1. The summed E-state index contributed by atoms with van der Waals surface area (Å²) in [6.07, 6.45) is 4.76. The van der Waals surface area contributed by atoms with Crippen LogP contribution in [-0.2, 0) is 0 Å². The van der Waals surface area contributed by atoms with Crippen LogP contribution in [0.1, 0.15) is 29.9 Å². The van der Waals surface area contributed by atoms with E-state index in [1.165, 1.54) is 6.07 Å². The normalized spacial score (nSPS) is 18.8. The summed E-state index contributed by atoms with van der Waals surface area (Å²) in [5, 5.41) is 4.20. The van der Waals surface area contributed by atoms with Crippen molar-refractivity contribution in [1.82, 2.24) is 24.7 Å². The fourth-order valence-electron chi connectivity index (χ4n) is 4.02. The Hall–Kier alpha value is -2.77. The summed E-state index contributed by atoms with van der Waals surface area (Å²) < 4.78 is 16.0. The molecule has 1 saturated heterocycles. The number of hydrogen-bond acceptors (Lipinski definition) is 3. The van der Waals surface area contributed by atoms with Crippen LogP contribution in [0.4, 0.5) is 4.39 Å². The summed E-state index contributed by atoms with van der Waals surface area (Å²) in [5.74, 6) is -0.253. The Morgan fingerprint density at radius 1 is 1.13 bits per heavy atom. The first-order valence-corrected chi connectivity index (χ1v) is 10.5. The number of rotatable bonds is 7. The predicted molar refractivity (Wildman–Crippen MR) is 121 cm³/mol. The zero-order chi connectivity index (χ0) is 21.1. The van der Waals surface area contributed by atoms with E-state index in [0.717, 1.165) is 41.7 Å². The molecule has 7 heteroatoms. The zero-order valence-corrected chi connectivity index (χ0v) is 18.0. The SMILES string of the molecule is CN(C)CCCN1C(=S)N[C@H](c2ccccn2)[C@@H]1c1cccn1-c1cccc(F)c1. The van der Waals surface area contributed by atoms with Crippen LogP contribution in [0.2, 0.25) is 0 Å². The van der Waals surface area contributed by atoms with E-state index in [1.54, 1.807) is 18.3 Å². The number of pyridine rings is 1. The third kappa shape index (κ3) is 4.22. The quantitative estimate of drug-likeness (QED) is 0.583. The van der Waals surface area contributed by atoms with Gasteiger partial charge in [-0.05, 0) is 81.7 Å². The molecule has 0 bridgehead atoms. The topological polar surface area (TPSA) is 36.3 Å². The maximum atomic E-state index is 13.9. The molecule has 30 heavy (non-hydrogen) atoms. The van der Waals surface area contributed by atoms with Gasteiger partial charge in [0.1, 0.15) is 5.82 Å². The Balaban J connectivity index is 1.74. The molecule has 0 unspecified atom stereocenters. The number of aromatic nitrogens is 2. The molecule has 1 fully saturated rings. The van der Waals surface area contributed by atoms with Gasteiger partial charge >= 0.3 is 0 Å². The van der Waals surface area contributed by atoms with Gasteiger partial charge in [-0.1, -0.05) is 12.1 Å². The minimum absolute atomic E-state index is 0.0483. The molecule has 3 heterocycles. The molecule has 4 rings (SSSR count). The summed E-state index contributed by atoms with van der Waals surface area (Å²) in [5.41, 5.74) is 2.78. The number of benzene rings is 1. The highest BCUT2D eigenvalue weighted by Gasteiger charge is 2.40. The molecule has 0 aliphatic carbocycles. The molecule has 0 spiro atoms. The summed E-state index contributed by atoms with van der Waals surface area (Å²) >= 11 is 5.73. The van der Waals surface area contributed by atoms with Crippen LogP contribution < -0.4 is 5.32 Å². The lowest BCUT2D eigenvalue weighted by molar-refractivity contribution is 0.286. The van der Waals surface area contributed by atoms with Crippen molar-refractivity contribution in [3.63, 3.8) is 0 Å². The van der Waals surface area contributed by atoms with E-state index in [2.05, 4.69) is 40.3 Å². The van der Waals surface area contributed by atoms with Crippen molar-refractivity contribution >= 4 is 17.3 Å².